The Morgan fingerprint density at radius 2 is 1.85 bits per heavy atom. The quantitative estimate of drug-likeness (QED) is 0.417. The molecule has 0 aliphatic carbocycles. The molecule has 0 radical (unpaired) electrons. The van der Waals surface area contributed by atoms with Gasteiger partial charge in [0.2, 0.25) is 12.7 Å². The van der Waals surface area contributed by atoms with Crippen LogP contribution < -0.4 is 14.8 Å². The maximum absolute atomic E-state index is 13.2. The van der Waals surface area contributed by atoms with Crippen molar-refractivity contribution >= 4 is 16.8 Å². The Hall–Kier alpha value is -3.80. The van der Waals surface area contributed by atoms with Gasteiger partial charge in [-0.1, -0.05) is 36.4 Å². The van der Waals surface area contributed by atoms with E-state index in [1.165, 1.54) is 12.1 Å². The second-order valence-electron chi connectivity index (χ2n) is 8.16. The summed E-state index contributed by atoms with van der Waals surface area (Å²) in [5, 5.41) is 4.12. The van der Waals surface area contributed by atoms with E-state index >= 15 is 0 Å². The predicted molar refractivity (Wildman–Crippen MR) is 125 cm³/mol. The van der Waals surface area contributed by atoms with Crippen molar-refractivity contribution in [3.8, 4) is 11.5 Å². The zero-order valence-corrected chi connectivity index (χ0v) is 18.4. The lowest BCUT2D eigenvalue weighted by Crippen LogP contribution is -2.25. The zero-order valence-electron chi connectivity index (χ0n) is 18.4. The molecule has 1 aliphatic rings. The van der Waals surface area contributed by atoms with Crippen molar-refractivity contribution < 1.29 is 18.7 Å². The van der Waals surface area contributed by atoms with Crippen molar-refractivity contribution in [2.24, 2.45) is 0 Å². The summed E-state index contributed by atoms with van der Waals surface area (Å²) in [5.41, 5.74) is 4.10. The van der Waals surface area contributed by atoms with Crippen LogP contribution in [0, 0.1) is 5.82 Å². The van der Waals surface area contributed by atoms with E-state index in [0.717, 1.165) is 34.1 Å². The number of aromatic nitrogens is 1. The lowest BCUT2D eigenvalue weighted by atomic mass is 9.87. The monoisotopic (exact) mass is 444 g/mol. The number of hydrogen-bond donors (Lipinski definition) is 1. The summed E-state index contributed by atoms with van der Waals surface area (Å²) in [4.78, 5) is 13.0. The number of ether oxygens (including phenoxy) is 2. The van der Waals surface area contributed by atoms with Crippen LogP contribution in [0.15, 0.2) is 72.9 Å². The topological polar surface area (TPSA) is 52.5 Å². The van der Waals surface area contributed by atoms with Crippen molar-refractivity contribution in [2.45, 2.75) is 32.4 Å². The standard InChI is InChI=1S/C27H25FN2O3/c1-2-30-16-23(21-5-3-4-6-24(21)30)22(19-9-12-25-26(13-19)33-17-32-25)14-27(31)29-15-18-7-10-20(28)11-8-18/h3-13,16,22H,2,14-15,17H2,1H3,(H,29,31)/t22-/m1/s1. The molecule has 6 heteroatoms. The molecular weight excluding hydrogens is 419 g/mol. The maximum atomic E-state index is 13.2. The highest BCUT2D eigenvalue weighted by Crippen LogP contribution is 2.40. The molecule has 1 N–H and O–H groups in total. The number of amides is 1. The first-order valence-electron chi connectivity index (χ1n) is 11.1. The summed E-state index contributed by atoms with van der Waals surface area (Å²) in [6, 6.07) is 20.3. The fourth-order valence-corrected chi connectivity index (χ4v) is 4.41. The minimum Gasteiger partial charge on any atom is -0.454 e. The van der Waals surface area contributed by atoms with Gasteiger partial charge in [-0.05, 0) is 53.9 Å². The molecule has 1 atom stereocenters. The molecule has 0 saturated heterocycles. The Labute approximate surface area is 191 Å². The number of benzene rings is 3. The SMILES string of the molecule is CCn1cc([C@H](CC(=O)NCc2ccc(F)cc2)c2ccc3c(c2)OCO3)c2ccccc21. The molecule has 0 bridgehead atoms. The Kier molecular flexibility index (Phi) is 5.73. The van der Waals surface area contributed by atoms with E-state index in [4.69, 9.17) is 9.47 Å². The molecule has 1 amide bonds. The number of nitrogens with one attached hydrogen (secondary N) is 1. The van der Waals surface area contributed by atoms with E-state index in [0.29, 0.717) is 18.0 Å². The minimum absolute atomic E-state index is 0.0738. The highest BCUT2D eigenvalue weighted by molar-refractivity contribution is 5.86. The first kappa shape index (κ1) is 21.1. The molecule has 33 heavy (non-hydrogen) atoms. The number of hydrogen-bond acceptors (Lipinski definition) is 3. The lowest BCUT2D eigenvalue weighted by Gasteiger charge is -2.18. The Morgan fingerprint density at radius 1 is 1.06 bits per heavy atom. The molecule has 0 fully saturated rings. The van der Waals surface area contributed by atoms with Gasteiger partial charge in [0, 0.05) is 42.5 Å². The van der Waals surface area contributed by atoms with E-state index in [-0.39, 0.29) is 30.9 Å². The molecular formula is C27H25FN2O3. The summed E-state index contributed by atoms with van der Waals surface area (Å²) in [5.74, 6) is 0.888. The van der Waals surface area contributed by atoms with Crippen molar-refractivity contribution in [1.29, 1.82) is 0 Å². The fraction of sp³-hybridized carbons (Fsp3) is 0.222. The van der Waals surface area contributed by atoms with Gasteiger partial charge >= 0.3 is 0 Å². The van der Waals surface area contributed by atoms with Crippen molar-refractivity contribution in [1.82, 2.24) is 9.88 Å². The third kappa shape index (κ3) is 4.29. The van der Waals surface area contributed by atoms with Crippen LogP contribution in [0.25, 0.3) is 10.9 Å². The van der Waals surface area contributed by atoms with Crippen LogP contribution in [0.5, 0.6) is 11.5 Å². The summed E-state index contributed by atoms with van der Waals surface area (Å²) in [6.07, 6.45) is 2.42. The number of rotatable bonds is 7. The van der Waals surface area contributed by atoms with Gasteiger partial charge in [0.1, 0.15) is 5.82 Å². The van der Waals surface area contributed by atoms with Crippen molar-refractivity contribution in [2.75, 3.05) is 6.79 Å². The number of para-hydroxylation sites is 1. The number of aryl methyl sites for hydroxylation is 1. The van der Waals surface area contributed by atoms with Crippen LogP contribution in [0.2, 0.25) is 0 Å². The number of nitrogens with zero attached hydrogens (tertiary/aromatic N) is 1. The van der Waals surface area contributed by atoms with Gasteiger partial charge in [0.25, 0.3) is 0 Å². The molecule has 2 heterocycles. The van der Waals surface area contributed by atoms with Gasteiger partial charge in [0.05, 0.1) is 0 Å². The molecule has 1 aliphatic heterocycles. The van der Waals surface area contributed by atoms with Crippen molar-refractivity contribution in [3.63, 3.8) is 0 Å². The Bertz CT molecular complexity index is 1300. The number of carbonyl (C=O) groups excluding carboxylic acids is 1. The fourth-order valence-electron chi connectivity index (χ4n) is 4.41. The predicted octanol–water partition coefficient (Wildman–Crippen LogP) is 5.37. The van der Waals surface area contributed by atoms with E-state index in [1.54, 1.807) is 12.1 Å². The average Bonchev–Trinajstić information content (AvgIpc) is 3.46. The first-order chi connectivity index (χ1) is 16.1. The lowest BCUT2D eigenvalue weighted by molar-refractivity contribution is -0.121. The molecule has 168 valence electrons. The van der Waals surface area contributed by atoms with E-state index < -0.39 is 0 Å². The van der Waals surface area contributed by atoms with Gasteiger partial charge in [-0.2, -0.15) is 0 Å². The van der Waals surface area contributed by atoms with Crippen LogP contribution in [0.3, 0.4) is 0 Å². The second kappa shape index (κ2) is 8.98. The summed E-state index contributed by atoms with van der Waals surface area (Å²) < 4.78 is 26.5. The zero-order chi connectivity index (χ0) is 22.8. The average molecular weight is 445 g/mol. The molecule has 0 saturated carbocycles. The van der Waals surface area contributed by atoms with Crippen LogP contribution in [0.1, 0.15) is 36.0 Å². The smallest absolute Gasteiger partial charge is 0.231 e. The van der Waals surface area contributed by atoms with Crippen LogP contribution >= 0.6 is 0 Å². The number of halogens is 1. The summed E-state index contributed by atoms with van der Waals surface area (Å²) in [6.45, 7) is 3.51. The minimum atomic E-state index is -0.291. The number of carbonyl (C=O) groups is 1. The molecule has 1 aromatic heterocycles. The van der Waals surface area contributed by atoms with Gasteiger partial charge in [-0.25, -0.2) is 4.39 Å². The van der Waals surface area contributed by atoms with Crippen LogP contribution in [0.4, 0.5) is 4.39 Å². The molecule has 0 unspecified atom stereocenters. The maximum Gasteiger partial charge on any atom is 0.231 e. The summed E-state index contributed by atoms with van der Waals surface area (Å²) in [7, 11) is 0. The van der Waals surface area contributed by atoms with E-state index in [9.17, 15) is 9.18 Å². The van der Waals surface area contributed by atoms with Crippen molar-refractivity contribution in [3.05, 3.63) is 95.4 Å². The highest BCUT2D eigenvalue weighted by atomic mass is 19.1. The van der Waals surface area contributed by atoms with Crippen LogP contribution in [-0.4, -0.2) is 17.3 Å². The molecule has 4 aromatic rings. The van der Waals surface area contributed by atoms with Gasteiger partial charge < -0.3 is 19.4 Å². The molecule has 5 nitrogen and oxygen atoms in total. The van der Waals surface area contributed by atoms with Gasteiger partial charge in [0.15, 0.2) is 11.5 Å². The Balaban J connectivity index is 1.47. The number of fused-ring (bicyclic) bond motifs is 2. The summed E-state index contributed by atoms with van der Waals surface area (Å²) >= 11 is 0. The highest BCUT2D eigenvalue weighted by Gasteiger charge is 2.25. The molecule has 3 aromatic carbocycles. The third-order valence-electron chi connectivity index (χ3n) is 6.13. The van der Waals surface area contributed by atoms with E-state index in [1.807, 2.05) is 30.3 Å². The molecule has 5 rings (SSSR count). The van der Waals surface area contributed by atoms with Gasteiger partial charge in [-0.15, -0.1) is 0 Å². The Morgan fingerprint density at radius 3 is 2.67 bits per heavy atom. The van der Waals surface area contributed by atoms with E-state index in [2.05, 4.69) is 35.1 Å². The second-order valence-corrected chi connectivity index (χ2v) is 8.16. The molecule has 0 spiro atoms. The first-order valence-corrected chi connectivity index (χ1v) is 11.1. The van der Waals surface area contributed by atoms with Crippen LogP contribution in [-0.2, 0) is 17.9 Å². The third-order valence-corrected chi connectivity index (χ3v) is 6.13. The largest absolute Gasteiger partial charge is 0.454 e. The normalized spacial score (nSPS) is 13.3. The van der Waals surface area contributed by atoms with Gasteiger partial charge in [-0.3, -0.25) is 4.79 Å².